The van der Waals surface area contributed by atoms with Gasteiger partial charge in [0.25, 0.3) is 0 Å². The molecule has 0 saturated carbocycles. The molecule has 2 rings (SSSR count). The second-order valence-corrected chi connectivity index (χ2v) is 4.57. The van der Waals surface area contributed by atoms with Gasteiger partial charge in [-0.05, 0) is 38.4 Å². The largest absolute Gasteiger partial charge is 0.495 e. The number of amides is 1. The molecule has 0 fully saturated rings. The molecule has 1 aromatic rings. The van der Waals surface area contributed by atoms with Crippen LogP contribution in [0.25, 0.3) is 0 Å². The molecular weight excluding hydrogens is 228 g/mol. The Labute approximate surface area is 108 Å². The third-order valence-electron chi connectivity index (χ3n) is 3.47. The van der Waals surface area contributed by atoms with Crippen LogP contribution in [0.3, 0.4) is 0 Å². The Kier molecular flexibility index (Phi) is 3.87. The molecule has 1 aliphatic heterocycles. The molecule has 4 heteroatoms. The van der Waals surface area contributed by atoms with Gasteiger partial charge in [-0.25, -0.2) is 0 Å². The van der Waals surface area contributed by atoms with Crippen LogP contribution in [0, 0.1) is 0 Å². The van der Waals surface area contributed by atoms with E-state index in [1.165, 1.54) is 5.56 Å². The highest BCUT2D eigenvalue weighted by Crippen LogP contribution is 2.36. The van der Waals surface area contributed by atoms with E-state index < -0.39 is 0 Å². The van der Waals surface area contributed by atoms with Crippen molar-refractivity contribution in [3.05, 3.63) is 23.8 Å². The SMILES string of the molecule is CNC(C)C(=O)N1CCCc2cccc(OC)c21. The second-order valence-electron chi connectivity index (χ2n) is 4.57. The number of fused-ring (bicyclic) bond motifs is 1. The van der Waals surface area contributed by atoms with E-state index >= 15 is 0 Å². The number of nitrogens with zero attached hydrogens (tertiary/aromatic N) is 1. The number of hydrogen-bond acceptors (Lipinski definition) is 3. The topological polar surface area (TPSA) is 41.6 Å². The first kappa shape index (κ1) is 12.9. The van der Waals surface area contributed by atoms with E-state index in [-0.39, 0.29) is 11.9 Å². The Morgan fingerprint density at radius 3 is 2.94 bits per heavy atom. The van der Waals surface area contributed by atoms with Crippen LogP contribution in [0.4, 0.5) is 5.69 Å². The summed E-state index contributed by atoms with van der Waals surface area (Å²) in [5.74, 6) is 0.881. The van der Waals surface area contributed by atoms with Crippen molar-refractivity contribution in [2.45, 2.75) is 25.8 Å². The van der Waals surface area contributed by atoms with Gasteiger partial charge in [-0.2, -0.15) is 0 Å². The molecule has 0 aromatic heterocycles. The molecule has 1 unspecified atom stereocenters. The van der Waals surface area contributed by atoms with E-state index in [1.54, 1.807) is 14.2 Å². The van der Waals surface area contributed by atoms with Crippen molar-refractivity contribution >= 4 is 11.6 Å². The first-order valence-electron chi connectivity index (χ1n) is 6.33. The number of hydrogen-bond donors (Lipinski definition) is 1. The van der Waals surface area contributed by atoms with Crippen molar-refractivity contribution in [2.24, 2.45) is 0 Å². The smallest absolute Gasteiger partial charge is 0.243 e. The minimum absolute atomic E-state index is 0.1000. The highest BCUT2D eigenvalue weighted by Gasteiger charge is 2.28. The normalized spacial score (nSPS) is 16.1. The van der Waals surface area contributed by atoms with E-state index in [4.69, 9.17) is 4.74 Å². The minimum Gasteiger partial charge on any atom is -0.495 e. The zero-order valence-electron chi connectivity index (χ0n) is 11.2. The second kappa shape index (κ2) is 5.40. The average molecular weight is 248 g/mol. The number of nitrogens with one attached hydrogen (secondary N) is 1. The van der Waals surface area contributed by atoms with Crippen molar-refractivity contribution in [1.82, 2.24) is 5.32 Å². The number of ether oxygens (including phenoxy) is 1. The van der Waals surface area contributed by atoms with Gasteiger partial charge in [0.05, 0.1) is 18.8 Å². The molecule has 1 aliphatic rings. The lowest BCUT2D eigenvalue weighted by molar-refractivity contribution is -0.120. The van der Waals surface area contributed by atoms with Gasteiger partial charge in [0.2, 0.25) is 5.91 Å². The first-order chi connectivity index (χ1) is 8.69. The van der Waals surface area contributed by atoms with Crippen LogP contribution in [-0.4, -0.2) is 32.7 Å². The summed E-state index contributed by atoms with van der Waals surface area (Å²) in [6.07, 6.45) is 2.01. The zero-order valence-corrected chi connectivity index (χ0v) is 11.2. The lowest BCUT2D eigenvalue weighted by Gasteiger charge is -2.32. The maximum absolute atomic E-state index is 12.4. The summed E-state index contributed by atoms with van der Waals surface area (Å²) in [5.41, 5.74) is 2.13. The van der Waals surface area contributed by atoms with Crippen LogP contribution < -0.4 is 15.0 Å². The molecule has 98 valence electrons. The van der Waals surface area contributed by atoms with Crippen LogP contribution in [0.15, 0.2) is 18.2 Å². The van der Waals surface area contributed by atoms with Gasteiger partial charge in [-0.3, -0.25) is 4.79 Å². The van der Waals surface area contributed by atoms with Crippen LogP contribution in [0.5, 0.6) is 5.75 Å². The molecule has 0 aliphatic carbocycles. The third-order valence-corrected chi connectivity index (χ3v) is 3.47. The monoisotopic (exact) mass is 248 g/mol. The van der Waals surface area contributed by atoms with Gasteiger partial charge in [0.15, 0.2) is 0 Å². The number of anilines is 1. The van der Waals surface area contributed by atoms with Gasteiger partial charge < -0.3 is 15.0 Å². The van der Waals surface area contributed by atoms with Crippen molar-refractivity contribution in [2.75, 3.05) is 25.6 Å². The number of benzene rings is 1. The van der Waals surface area contributed by atoms with Crippen molar-refractivity contribution in [3.63, 3.8) is 0 Å². The number of methoxy groups -OCH3 is 1. The number of aryl methyl sites for hydroxylation is 1. The molecule has 0 radical (unpaired) electrons. The first-order valence-corrected chi connectivity index (χ1v) is 6.33. The fourth-order valence-electron chi connectivity index (χ4n) is 2.36. The van der Waals surface area contributed by atoms with E-state index in [1.807, 2.05) is 24.0 Å². The van der Waals surface area contributed by atoms with Gasteiger partial charge in [0.1, 0.15) is 5.75 Å². The highest BCUT2D eigenvalue weighted by molar-refractivity contribution is 5.99. The molecule has 1 N–H and O–H groups in total. The summed E-state index contributed by atoms with van der Waals surface area (Å²) in [5, 5.41) is 3.00. The number of carbonyl (C=O) groups is 1. The number of para-hydroxylation sites is 1. The summed E-state index contributed by atoms with van der Waals surface area (Å²) >= 11 is 0. The lowest BCUT2D eigenvalue weighted by atomic mass is 10.00. The number of likely N-dealkylation sites (N-methyl/N-ethyl adjacent to an activating group) is 1. The van der Waals surface area contributed by atoms with E-state index in [0.717, 1.165) is 30.8 Å². The summed E-state index contributed by atoms with van der Waals surface area (Å²) in [4.78, 5) is 14.2. The molecule has 0 spiro atoms. The summed E-state index contributed by atoms with van der Waals surface area (Å²) in [6.45, 7) is 2.64. The maximum atomic E-state index is 12.4. The lowest BCUT2D eigenvalue weighted by Crippen LogP contribution is -2.46. The fourth-order valence-corrected chi connectivity index (χ4v) is 2.36. The summed E-state index contributed by atoms with van der Waals surface area (Å²) in [7, 11) is 3.45. The Balaban J connectivity index is 2.40. The average Bonchev–Trinajstić information content (AvgIpc) is 2.44. The Bertz CT molecular complexity index is 431. The van der Waals surface area contributed by atoms with Crippen LogP contribution in [-0.2, 0) is 11.2 Å². The van der Waals surface area contributed by atoms with E-state index in [0.29, 0.717) is 0 Å². The van der Waals surface area contributed by atoms with Gasteiger partial charge in [-0.1, -0.05) is 12.1 Å². The maximum Gasteiger partial charge on any atom is 0.243 e. The Morgan fingerprint density at radius 1 is 1.50 bits per heavy atom. The van der Waals surface area contributed by atoms with Crippen molar-refractivity contribution in [3.8, 4) is 5.75 Å². The Morgan fingerprint density at radius 2 is 2.28 bits per heavy atom. The number of carbonyl (C=O) groups excluding carboxylic acids is 1. The van der Waals surface area contributed by atoms with Crippen molar-refractivity contribution < 1.29 is 9.53 Å². The number of rotatable bonds is 3. The molecule has 1 amide bonds. The quantitative estimate of drug-likeness (QED) is 0.883. The molecule has 1 atom stereocenters. The zero-order chi connectivity index (χ0) is 13.1. The van der Waals surface area contributed by atoms with Crippen LogP contribution in [0.2, 0.25) is 0 Å². The standard InChI is InChI=1S/C14H20N2O2/c1-10(15-2)14(17)16-9-5-7-11-6-4-8-12(18-3)13(11)16/h4,6,8,10,15H,5,7,9H2,1-3H3. The van der Waals surface area contributed by atoms with Gasteiger partial charge >= 0.3 is 0 Å². The van der Waals surface area contributed by atoms with Gasteiger partial charge in [0, 0.05) is 6.54 Å². The Hall–Kier alpha value is -1.55. The molecule has 0 bridgehead atoms. The highest BCUT2D eigenvalue weighted by atomic mass is 16.5. The fraction of sp³-hybridized carbons (Fsp3) is 0.500. The van der Waals surface area contributed by atoms with E-state index in [9.17, 15) is 4.79 Å². The van der Waals surface area contributed by atoms with Crippen LogP contribution in [0.1, 0.15) is 18.9 Å². The summed E-state index contributed by atoms with van der Waals surface area (Å²) < 4.78 is 5.39. The molecule has 1 aromatic carbocycles. The minimum atomic E-state index is -0.180. The molecular formula is C14H20N2O2. The van der Waals surface area contributed by atoms with Crippen LogP contribution >= 0.6 is 0 Å². The third kappa shape index (κ3) is 2.20. The molecule has 0 saturated heterocycles. The van der Waals surface area contributed by atoms with Gasteiger partial charge in [-0.15, -0.1) is 0 Å². The molecule has 18 heavy (non-hydrogen) atoms. The van der Waals surface area contributed by atoms with Crippen molar-refractivity contribution in [1.29, 1.82) is 0 Å². The molecule has 1 heterocycles. The molecule has 4 nitrogen and oxygen atoms in total. The predicted octanol–water partition coefficient (Wildman–Crippen LogP) is 1.58. The predicted molar refractivity (Wildman–Crippen MR) is 72.2 cm³/mol. The summed E-state index contributed by atoms with van der Waals surface area (Å²) in [6, 6.07) is 5.78. The van der Waals surface area contributed by atoms with E-state index in [2.05, 4.69) is 11.4 Å².